The number of rotatable bonds is 2. The molecule has 2 heterocycles. The molecule has 0 spiro atoms. The Bertz CT molecular complexity index is 729. The Morgan fingerprint density at radius 3 is 2.78 bits per heavy atom. The molecule has 88 valence electrons. The lowest BCUT2D eigenvalue weighted by Gasteiger charge is -2.04. The second-order valence-corrected chi connectivity index (χ2v) is 4.16. The van der Waals surface area contributed by atoms with E-state index in [1.807, 2.05) is 30.3 Å². The molecule has 0 aliphatic rings. The van der Waals surface area contributed by atoms with Gasteiger partial charge in [0.05, 0.1) is 11.2 Å². The highest BCUT2D eigenvalue weighted by molar-refractivity contribution is 7.80. The molecule has 0 atom stereocenters. The van der Waals surface area contributed by atoms with E-state index in [1.54, 1.807) is 17.2 Å². The maximum atomic E-state index is 5.50. The van der Waals surface area contributed by atoms with E-state index in [-0.39, 0.29) is 4.99 Å². The zero-order valence-electron chi connectivity index (χ0n) is 9.32. The fourth-order valence-electron chi connectivity index (χ4n) is 1.77. The van der Waals surface area contributed by atoms with Crippen LogP contribution >= 0.6 is 12.2 Å². The lowest BCUT2D eigenvalue weighted by Crippen LogP contribution is -2.12. The molecule has 6 heteroatoms. The van der Waals surface area contributed by atoms with Crippen molar-refractivity contribution < 1.29 is 0 Å². The average Bonchev–Trinajstić information content (AvgIpc) is 2.87. The third-order valence-corrected chi connectivity index (χ3v) is 2.77. The lowest BCUT2D eigenvalue weighted by molar-refractivity contribution is 0.881. The summed E-state index contributed by atoms with van der Waals surface area (Å²) < 4.78 is 1.65. The summed E-state index contributed by atoms with van der Waals surface area (Å²) in [6.07, 6.45) is 3.33. The van der Waals surface area contributed by atoms with Crippen molar-refractivity contribution in [3.63, 3.8) is 0 Å². The first-order chi connectivity index (χ1) is 8.75. The number of hydrogen-bond donors (Lipinski definition) is 1. The maximum Gasteiger partial charge on any atom is 0.208 e. The van der Waals surface area contributed by atoms with Crippen LogP contribution in [0.25, 0.3) is 16.6 Å². The molecule has 3 rings (SSSR count). The summed E-state index contributed by atoms with van der Waals surface area (Å²) in [5.41, 5.74) is 7.30. The fraction of sp³-hybridized carbons (Fsp3) is 0. The van der Waals surface area contributed by atoms with Gasteiger partial charge in [-0.25, -0.2) is 9.67 Å². The highest BCUT2D eigenvalue weighted by Crippen LogP contribution is 2.19. The zero-order valence-corrected chi connectivity index (χ0v) is 10.1. The number of thiocarbonyl (C=S) groups is 1. The van der Waals surface area contributed by atoms with E-state index in [9.17, 15) is 0 Å². The normalized spacial score (nSPS) is 10.7. The minimum atomic E-state index is 0.187. The molecule has 0 bridgehead atoms. The van der Waals surface area contributed by atoms with Crippen LogP contribution in [0.15, 0.2) is 42.9 Å². The van der Waals surface area contributed by atoms with Gasteiger partial charge in [-0.3, -0.25) is 4.98 Å². The largest absolute Gasteiger partial charge is 0.387 e. The number of hydrogen-bond acceptors (Lipinski definition) is 4. The Morgan fingerprint density at radius 2 is 2.00 bits per heavy atom. The summed E-state index contributed by atoms with van der Waals surface area (Å²) in [5.74, 6) is 0.367. The predicted molar refractivity (Wildman–Crippen MR) is 72.5 cm³/mol. The highest BCUT2D eigenvalue weighted by Gasteiger charge is 2.07. The molecule has 0 amide bonds. The van der Waals surface area contributed by atoms with Gasteiger partial charge < -0.3 is 5.73 Å². The molecule has 18 heavy (non-hydrogen) atoms. The molecule has 0 aliphatic carbocycles. The van der Waals surface area contributed by atoms with E-state index in [4.69, 9.17) is 18.0 Å². The molecule has 0 saturated carbocycles. The number of para-hydroxylation sites is 1. The molecule has 0 saturated heterocycles. The maximum absolute atomic E-state index is 5.50. The van der Waals surface area contributed by atoms with Crippen molar-refractivity contribution in [1.82, 2.24) is 19.7 Å². The van der Waals surface area contributed by atoms with Gasteiger partial charge in [-0.2, -0.15) is 0 Å². The molecule has 5 nitrogen and oxygen atoms in total. The van der Waals surface area contributed by atoms with E-state index >= 15 is 0 Å². The summed E-state index contributed by atoms with van der Waals surface area (Å²) in [6.45, 7) is 0. The van der Waals surface area contributed by atoms with E-state index < -0.39 is 0 Å². The zero-order chi connectivity index (χ0) is 12.5. The molecular formula is C12H9N5S. The van der Waals surface area contributed by atoms with Crippen molar-refractivity contribution in [3.8, 4) is 5.69 Å². The lowest BCUT2D eigenvalue weighted by atomic mass is 10.2. The number of fused-ring (bicyclic) bond motifs is 1. The van der Waals surface area contributed by atoms with Gasteiger partial charge in [0.2, 0.25) is 5.82 Å². The highest BCUT2D eigenvalue weighted by atomic mass is 32.1. The van der Waals surface area contributed by atoms with Crippen LogP contribution in [0.2, 0.25) is 0 Å². The summed E-state index contributed by atoms with van der Waals surface area (Å²) in [6, 6.07) is 9.71. The van der Waals surface area contributed by atoms with E-state index in [0.29, 0.717) is 5.82 Å². The quantitative estimate of drug-likeness (QED) is 0.702. The third kappa shape index (κ3) is 1.72. The molecule has 0 fully saturated rings. The topological polar surface area (TPSA) is 69.6 Å². The Hall–Kier alpha value is -2.34. The molecule has 0 unspecified atom stereocenters. The van der Waals surface area contributed by atoms with Gasteiger partial charge in [-0.05, 0) is 12.1 Å². The van der Waals surface area contributed by atoms with E-state index in [2.05, 4.69) is 15.1 Å². The summed E-state index contributed by atoms with van der Waals surface area (Å²) in [5, 5.41) is 5.24. The minimum absolute atomic E-state index is 0.187. The number of nitrogens with zero attached hydrogens (tertiary/aromatic N) is 4. The van der Waals surface area contributed by atoms with Crippen LogP contribution in [0.4, 0.5) is 0 Å². The molecular weight excluding hydrogens is 246 g/mol. The van der Waals surface area contributed by atoms with Crippen LogP contribution < -0.4 is 5.73 Å². The second-order valence-electron chi connectivity index (χ2n) is 3.72. The van der Waals surface area contributed by atoms with Gasteiger partial charge in [0.1, 0.15) is 11.3 Å². The SMILES string of the molecule is NC(=S)c1ncn(-c2ccnc3ccccc23)n1. The van der Waals surface area contributed by atoms with Gasteiger partial charge >= 0.3 is 0 Å². The van der Waals surface area contributed by atoms with Crippen molar-refractivity contribution in [3.05, 3.63) is 48.7 Å². The van der Waals surface area contributed by atoms with Crippen LogP contribution in [0.1, 0.15) is 5.82 Å². The Labute approximate surface area is 108 Å². The standard InChI is InChI=1S/C12H9N5S/c13-11(18)12-15-7-17(16-12)10-5-6-14-9-4-2-1-3-8(9)10/h1-7H,(H2,13,18). The Balaban J connectivity index is 2.21. The van der Waals surface area contributed by atoms with Crippen molar-refractivity contribution in [2.24, 2.45) is 5.73 Å². The smallest absolute Gasteiger partial charge is 0.208 e. The first-order valence-electron chi connectivity index (χ1n) is 5.31. The van der Waals surface area contributed by atoms with Gasteiger partial charge in [0, 0.05) is 11.6 Å². The molecule has 0 aliphatic heterocycles. The molecule has 0 radical (unpaired) electrons. The summed E-state index contributed by atoms with van der Waals surface area (Å²) in [4.78, 5) is 8.55. The van der Waals surface area contributed by atoms with E-state index in [0.717, 1.165) is 16.6 Å². The van der Waals surface area contributed by atoms with E-state index in [1.165, 1.54) is 0 Å². The Morgan fingerprint density at radius 1 is 1.17 bits per heavy atom. The predicted octanol–water partition coefficient (Wildman–Crippen LogP) is 1.45. The summed E-state index contributed by atoms with van der Waals surface area (Å²) in [7, 11) is 0. The van der Waals surface area contributed by atoms with Crippen LogP contribution in [0.5, 0.6) is 0 Å². The van der Waals surface area contributed by atoms with Crippen molar-refractivity contribution >= 4 is 28.1 Å². The monoisotopic (exact) mass is 255 g/mol. The average molecular weight is 255 g/mol. The van der Waals surface area contributed by atoms with Crippen molar-refractivity contribution in [2.75, 3.05) is 0 Å². The first-order valence-corrected chi connectivity index (χ1v) is 5.72. The number of benzene rings is 1. The second kappa shape index (κ2) is 4.15. The number of pyridine rings is 1. The van der Waals surface area contributed by atoms with Crippen molar-refractivity contribution in [1.29, 1.82) is 0 Å². The third-order valence-electron chi connectivity index (χ3n) is 2.59. The fourth-order valence-corrected chi connectivity index (χ4v) is 1.87. The molecule has 3 aromatic rings. The van der Waals surface area contributed by atoms with Crippen LogP contribution in [0.3, 0.4) is 0 Å². The van der Waals surface area contributed by atoms with Crippen LogP contribution in [-0.2, 0) is 0 Å². The van der Waals surface area contributed by atoms with Crippen LogP contribution in [-0.4, -0.2) is 24.7 Å². The van der Waals surface area contributed by atoms with Gasteiger partial charge in [0.25, 0.3) is 0 Å². The van der Waals surface area contributed by atoms with Gasteiger partial charge in [0.15, 0.2) is 0 Å². The number of aromatic nitrogens is 4. The van der Waals surface area contributed by atoms with Gasteiger partial charge in [-0.15, -0.1) is 5.10 Å². The Kier molecular flexibility index (Phi) is 2.49. The number of nitrogens with two attached hydrogens (primary N) is 1. The molecule has 2 aromatic heterocycles. The van der Waals surface area contributed by atoms with Gasteiger partial charge in [-0.1, -0.05) is 30.4 Å². The molecule has 1 aromatic carbocycles. The minimum Gasteiger partial charge on any atom is -0.387 e. The summed E-state index contributed by atoms with van der Waals surface area (Å²) >= 11 is 4.85. The molecule has 2 N–H and O–H groups in total. The van der Waals surface area contributed by atoms with Crippen LogP contribution in [0, 0.1) is 0 Å². The van der Waals surface area contributed by atoms with Crippen molar-refractivity contribution in [2.45, 2.75) is 0 Å². The first kappa shape index (κ1) is 10.8.